The van der Waals surface area contributed by atoms with Gasteiger partial charge in [0.15, 0.2) is 0 Å². The van der Waals surface area contributed by atoms with Gasteiger partial charge >= 0.3 is 5.97 Å². The molecular weight excluding hydrogens is 261 g/mol. The Kier molecular flexibility index (Phi) is 3.20. The van der Waals surface area contributed by atoms with Crippen molar-refractivity contribution in [2.75, 3.05) is 0 Å². The Balaban J connectivity index is 1.77. The number of fused-ring (bicyclic) bond motifs is 2. The molecule has 0 radical (unpaired) electrons. The number of amides is 1. The van der Waals surface area contributed by atoms with Crippen LogP contribution in [0.4, 0.5) is 4.39 Å². The highest BCUT2D eigenvalue weighted by Crippen LogP contribution is 2.48. The van der Waals surface area contributed by atoms with E-state index in [-0.39, 0.29) is 23.4 Å². The molecule has 1 aromatic carbocycles. The van der Waals surface area contributed by atoms with Crippen molar-refractivity contribution >= 4 is 11.9 Å². The Labute approximate surface area is 116 Å². The van der Waals surface area contributed by atoms with Crippen LogP contribution in [-0.4, -0.2) is 23.0 Å². The molecule has 2 bridgehead atoms. The first kappa shape index (κ1) is 13.1. The van der Waals surface area contributed by atoms with Crippen LogP contribution in [0, 0.1) is 23.6 Å². The molecule has 2 saturated carbocycles. The van der Waals surface area contributed by atoms with Crippen LogP contribution >= 0.6 is 0 Å². The third kappa shape index (κ3) is 2.17. The van der Waals surface area contributed by atoms with Crippen LogP contribution < -0.4 is 5.32 Å². The van der Waals surface area contributed by atoms with Gasteiger partial charge in [0.1, 0.15) is 5.82 Å². The van der Waals surface area contributed by atoms with E-state index in [1.165, 1.54) is 18.2 Å². The lowest BCUT2D eigenvalue weighted by Gasteiger charge is -2.28. The minimum Gasteiger partial charge on any atom is -0.481 e. The quantitative estimate of drug-likeness (QED) is 0.888. The zero-order valence-corrected chi connectivity index (χ0v) is 10.9. The second-order valence-corrected chi connectivity index (χ2v) is 5.71. The first-order chi connectivity index (χ1) is 9.56. The average molecular weight is 277 g/mol. The third-order valence-corrected chi connectivity index (χ3v) is 4.59. The molecule has 2 fully saturated rings. The molecule has 0 heterocycles. The minimum absolute atomic E-state index is 0.162. The number of rotatable bonds is 3. The Morgan fingerprint density at radius 1 is 1.25 bits per heavy atom. The smallest absolute Gasteiger partial charge is 0.308 e. The number of nitrogens with one attached hydrogen (secondary N) is 1. The molecular formula is C15H16FNO3. The van der Waals surface area contributed by atoms with E-state index in [0.717, 1.165) is 25.3 Å². The molecule has 2 N–H and O–H groups in total. The van der Waals surface area contributed by atoms with E-state index in [2.05, 4.69) is 5.32 Å². The van der Waals surface area contributed by atoms with E-state index in [4.69, 9.17) is 0 Å². The molecule has 3 rings (SSSR count). The maximum absolute atomic E-state index is 13.1. The Morgan fingerprint density at radius 3 is 2.70 bits per heavy atom. The molecule has 106 valence electrons. The highest BCUT2D eigenvalue weighted by molar-refractivity contribution is 5.94. The standard InChI is InChI=1S/C15H16FNO3/c16-11-3-1-2-10(7-11)14(18)17-13-9-5-4-8(6-9)12(13)15(19)20/h1-3,7-9,12-13H,4-6H2,(H,17,18)(H,19,20). The monoisotopic (exact) mass is 277 g/mol. The molecule has 2 aliphatic rings. The lowest BCUT2D eigenvalue weighted by Crippen LogP contribution is -2.46. The second-order valence-electron chi connectivity index (χ2n) is 5.71. The third-order valence-electron chi connectivity index (χ3n) is 4.59. The number of carbonyl (C=O) groups is 2. The number of carboxylic acids is 1. The van der Waals surface area contributed by atoms with Gasteiger partial charge in [-0.05, 0) is 49.3 Å². The highest BCUT2D eigenvalue weighted by atomic mass is 19.1. The van der Waals surface area contributed by atoms with Crippen molar-refractivity contribution in [3.05, 3.63) is 35.6 Å². The van der Waals surface area contributed by atoms with Crippen molar-refractivity contribution in [3.63, 3.8) is 0 Å². The predicted octanol–water partition coefficient (Wildman–Crippen LogP) is 2.05. The van der Waals surface area contributed by atoms with Gasteiger partial charge in [-0.25, -0.2) is 4.39 Å². The summed E-state index contributed by atoms with van der Waals surface area (Å²) in [4.78, 5) is 23.5. The van der Waals surface area contributed by atoms with Crippen LogP contribution in [0.15, 0.2) is 24.3 Å². The summed E-state index contributed by atoms with van der Waals surface area (Å²) < 4.78 is 13.1. The van der Waals surface area contributed by atoms with Crippen molar-refractivity contribution in [1.29, 1.82) is 0 Å². The summed E-state index contributed by atoms with van der Waals surface area (Å²) in [6.07, 6.45) is 2.75. The molecule has 0 aromatic heterocycles. The number of hydrogen-bond donors (Lipinski definition) is 2. The van der Waals surface area contributed by atoms with E-state index in [0.29, 0.717) is 0 Å². The van der Waals surface area contributed by atoms with E-state index in [1.807, 2.05) is 0 Å². The fourth-order valence-corrected chi connectivity index (χ4v) is 3.72. The van der Waals surface area contributed by atoms with Gasteiger partial charge in [0.25, 0.3) is 5.91 Å². The lowest BCUT2D eigenvalue weighted by molar-refractivity contribution is -0.144. The molecule has 2 aliphatic carbocycles. The molecule has 4 nitrogen and oxygen atoms in total. The summed E-state index contributed by atoms with van der Waals surface area (Å²) in [5.74, 6) is -1.82. The summed E-state index contributed by atoms with van der Waals surface area (Å²) in [7, 11) is 0. The number of carbonyl (C=O) groups excluding carboxylic acids is 1. The van der Waals surface area contributed by atoms with E-state index < -0.39 is 23.6 Å². The molecule has 1 amide bonds. The molecule has 0 saturated heterocycles. The summed E-state index contributed by atoms with van der Waals surface area (Å²) >= 11 is 0. The fourth-order valence-electron chi connectivity index (χ4n) is 3.72. The van der Waals surface area contributed by atoms with Crippen LogP contribution in [0.5, 0.6) is 0 Å². The summed E-state index contributed by atoms with van der Waals surface area (Å²) in [6, 6.07) is 5.11. The number of hydrogen-bond acceptors (Lipinski definition) is 2. The predicted molar refractivity (Wildman–Crippen MR) is 69.6 cm³/mol. The SMILES string of the molecule is O=C(NC1C2CCC(C2)C1C(=O)O)c1cccc(F)c1. The van der Waals surface area contributed by atoms with Gasteiger partial charge < -0.3 is 10.4 Å². The molecule has 20 heavy (non-hydrogen) atoms. The summed E-state index contributed by atoms with van der Waals surface area (Å²) in [6.45, 7) is 0. The molecule has 1 aromatic rings. The topological polar surface area (TPSA) is 66.4 Å². The first-order valence-electron chi connectivity index (χ1n) is 6.85. The number of halogens is 1. The Morgan fingerprint density at radius 2 is 2.00 bits per heavy atom. The van der Waals surface area contributed by atoms with Crippen LogP contribution in [0.3, 0.4) is 0 Å². The van der Waals surface area contributed by atoms with E-state index in [9.17, 15) is 19.1 Å². The van der Waals surface area contributed by atoms with Crippen molar-refractivity contribution in [2.45, 2.75) is 25.3 Å². The zero-order valence-electron chi connectivity index (χ0n) is 10.9. The Hall–Kier alpha value is -1.91. The van der Waals surface area contributed by atoms with Gasteiger partial charge in [0, 0.05) is 11.6 Å². The van der Waals surface area contributed by atoms with Gasteiger partial charge in [0.2, 0.25) is 0 Å². The van der Waals surface area contributed by atoms with E-state index >= 15 is 0 Å². The molecule has 4 atom stereocenters. The fraction of sp³-hybridized carbons (Fsp3) is 0.467. The molecule has 5 heteroatoms. The van der Waals surface area contributed by atoms with Crippen molar-refractivity contribution in [1.82, 2.24) is 5.32 Å². The highest BCUT2D eigenvalue weighted by Gasteiger charge is 2.51. The van der Waals surface area contributed by atoms with E-state index in [1.54, 1.807) is 0 Å². The Bertz CT molecular complexity index is 560. The van der Waals surface area contributed by atoms with Gasteiger partial charge in [-0.3, -0.25) is 9.59 Å². The zero-order chi connectivity index (χ0) is 14.3. The average Bonchev–Trinajstić information content (AvgIpc) is 2.99. The number of carboxylic acid groups (broad SMARTS) is 1. The maximum Gasteiger partial charge on any atom is 0.308 e. The largest absolute Gasteiger partial charge is 0.481 e. The normalized spacial score (nSPS) is 31.2. The van der Waals surface area contributed by atoms with Crippen molar-refractivity contribution in [2.24, 2.45) is 17.8 Å². The van der Waals surface area contributed by atoms with Gasteiger partial charge in [0.05, 0.1) is 5.92 Å². The molecule has 0 spiro atoms. The maximum atomic E-state index is 13.1. The van der Waals surface area contributed by atoms with Gasteiger partial charge in [-0.1, -0.05) is 6.07 Å². The summed E-state index contributed by atoms with van der Waals surface area (Å²) in [5, 5.41) is 12.1. The first-order valence-corrected chi connectivity index (χ1v) is 6.85. The van der Waals surface area contributed by atoms with Gasteiger partial charge in [-0.2, -0.15) is 0 Å². The number of aliphatic carboxylic acids is 1. The van der Waals surface area contributed by atoms with Gasteiger partial charge in [-0.15, -0.1) is 0 Å². The molecule has 4 unspecified atom stereocenters. The van der Waals surface area contributed by atoms with Crippen molar-refractivity contribution in [3.8, 4) is 0 Å². The minimum atomic E-state index is -0.846. The van der Waals surface area contributed by atoms with Crippen molar-refractivity contribution < 1.29 is 19.1 Å². The second kappa shape index (κ2) is 4.89. The van der Waals surface area contributed by atoms with Crippen LogP contribution in [-0.2, 0) is 4.79 Å². The molecule has 0 aliphatic heterocycles. The lowest BCUT2D eigenvalue weighted by atomic mass is 9.84. The van der Waals surface area contributed by atoms with Crippen LogP contribution in [0.25, 0.3) is 0 Å². The van der Waals surface area contributed by atoms with Crippen LogP contribution in [0.1, 0.15) is 29.6 Å². The number of benzene rings is 1. The van der Waals surface area contributed by atoms with Crippen LogP contribution in [0.2, 0.25) is 0 Å². The summed E-state index contributed by atoms with van der Waals surface area (Å²) in [5.41, 5.74) is 0.233.